The van der Waals surface area contributed by atoms with Crippen LogP contribution in [0.15, 0.2) is 48.5 Å². The van der Waals surface area contributed by atoms with Crippen molar-refractivity contribution < 1.29 is 0 Å². The smallest absolute Gasteiger partial charge is 0.0400 e. The van der Waals surface area contributed by atoms with Crippen molar-refractivity contribution in [2.45, 2.75) is 32.7 Å². The predicted octanol–water partition coefficient (Wildman–Crippen LogP) is 4.40. The second-order valence-electron chi connectivity index (χ2n) is 5.59. The molecule has 93 valence electrons. The van der Waals surface area contributed by atoms with Gasteiger partial charge in [-0.2, -0.15) is 0 Å². The molecule has 0 atom stereocenters. The largest absolute Gasteiger partial charge is 0.381 e. The number of hydrogen-bond acceptors (Lipinski definition) is 1. The van der Waals surface area contributed by atoms with Crippen LogP contribution in [0.5, 0.6) is 0 Å². The summed E-state index contributed by atoms with van der Waals surface area (Å²) in [7, 11) is 0. The molecule has 0 aromatic heterocycles. The van der Waals surface area contributed by atoms with E-state index >= 15 is 0 Å². The molecule has 0 heterocycles. The second kappa shape index (κ2) is 5.26. The van der Waals surface area contributed by atoms with Crippen LogP contribution < -0.4 is 5.32 Å². The molecule has 1 nitrogen and oxygen atoms in total. The van der Waals surface area contributed by atoms with Gasteiger partial charge in [-0.15, -0.1) is 0 Å². The van der Waals surface area contributed by atoms with E-state index in [4.69, 9.17) is 0 Å². The third-order valence-electron chi connectivity index (χ3n) is 3.03. The molecule has 0 amide bonds. The average molecular weight is 238 g/mol. The summed E-state index contributed by atoms with van der Waals surface area (Å²) in [5.41, 5.74) is 4.03. The maximum Gasteiger partial charge on any atom is 0.0400 e. The van der Waals surface area contributed by atoms with Crippen molar-refractivity contribution in [3.8, 4) is 0 Å². The fourth-order valence-electron chi connectivity index (χ4n) is 1.83. The Morgan fingerprint density at radius 2 is 1.56 bits per heavy atom. The standard InChI is InChI=1S/C17H20N/c1-17(2,3)15-11-9-14(10-12-15)13-18-16-7-5-4-6-8-16/h5-12,18H,13H2,1-3H3. The summed E-state index contributed by atoms with van der Waals surface area (Å²) < 4.78 is 0. The van der Waals surface area contributed by atoms with E-state index in [-0.39, 0.29) is 5.41 Å². The van der Waals surface area contributed by atoms with Gasteiger partial charge in [0.2, 0.25) is 0 Å². The molecule has 0 saturated carbocycles. The summed E-state index contributed by atoms with van der Waals surface area (Å²) >= 11 is 0. The summed E-state index contributed by atoms with van der Waals surface area (Å²) in [6.07, 6.45) is 0. The second-order valence-corrected chi connectivity index (χ2v) is 5.59. The minimum atomic E-state index is 0.223. The molecule has 0 unspecified atom stereocenters. The van der Waals surface area contributed by atoms with Crippen LogP contribution in [-0.2, 0) is 12.0 Å². The number of rotatable bonds is 3. The topological polar surface area (TPSA) is 12.0 Å². The van der Waals surface area contributed by atoms with E-state index in [2.05, 4.69) is 56.4 Å². The maximum atomic E-state index is 3.40. The Kier molecular flexibility index (Phi) is 3.71. The van der Waals surface area contributed by atoms with Crippen LogP contribution in [0.25, 0.3) is 0 Å². The Labute approximate surface area is 110 Å². The zero-order chi connectivity index (χ0) is 13.0. The molecule has 2 rings (SSSR count). The molecule has 0 spiro atoms. The SMILES string of the molecule is CC(C)(C)c1ccc(CNc2cc[c]cc2)cc1. The first-order chi connectivity index (χ1) is 8.55. The van der Waals surface area contributed by atoms with Gasteiger partial charge in [-0.05, 0) is 34.7 Å². The van der Waals surface area contributed by atoms with E-state index in [1.165, 1.54) is 11.1 Å². The van der Waals surface area contributed by atoms with Gasteiger partial charge in [-0.1, -0.05) is 57.2 Å². The third-order valence-corrected chi connectivity index (χ3v) is 3.03. The highest BCUT2D eigenvalue weighted by Gasteiger charge is 2.12. The molecular weight excluding hydrogens is 218 g/mol. The summed E-state index contributed by atoms with van der Waals surface area (Å²) in [5, 5.41) is 3.40. The normalized spacial score (nSPS) is 11.3. The van der Waals surface area contributed by atoms with Crippen molar-refractivity contribution in [3.05, 3.63) is 65.7 Å². The molecule has 2 aromatic carbocycles. The van der Waals surface area contributed by atoms with E-state index in [9.17, 15) is 0 Å². The number of anilines is 1. The third kappa shape index (κ3) is 3.36. The van der Waals surface area contributed by atoms with Crippen LogP contribution in [0.4, 0.5) is 5.69 Å². The zero-order valence-corrected chi connectivity index (χ0v) is 11.3. The summed E-state index contributed by atoms with van der Waals surface area (Å²) in [6, 6.07) is 19.8. The molecule has 2 aromatic rings. The van der Waals surface area contributed by atoms with Crippen molar-refractivity contribution in [3.63, 3.8) is 0 Å². The van der Waals surface area contributed by atoms with Gasteiger partial charge in [0.1, 0.15) is 0 Å². The average Bonchev–Trinajstić information content (AvgIpc) is 2.37. The summed E-state index contributed by atoms with van der Waals surface area (Å²) in [6.45, 7) is 7.57. The molecule has 0 saturated heterocycles. The lowest BCUT2D eigenvalue weighted by atomic mass is 9.87. The number of hydrogen-bond donors (Lipinski definition) is 1. The number of nitrogens with one attached hydrogen (secondary N) is 1. The monoisotopic (exact) mass is 238 g/mol. The quantitative estimate of drug-likeness (QED) is 0.836. The van der Waals surface area contributed by atoms with Gasteiger partial charge in [0.15, 0.2) is 0 Å². The van der Waals surface area contributed by atoms with Crippen LogP contribution in [0.3, 0.4) is 0 Å². The van der Waals surface area contributed by atoms with Gasteiger partial charge >= 0.3 is 0 Å². The first kappa shape index (κ1) is 12.7. The molecule has 0 aliphatic heterocycles. The van der Waals surface area contributed by atoms with Crippen LogP contribution in [0.1, 0.15) is 31.9 Å². The van der Waals surface area contributed by atoms with Gasteiger partial charge in [0.25, 0.3) is 0 Å². The highest BCUT2D eigenvalue weighted by atomic mass is 14.9. The predicted molar refractivity (Wildman–Crippen MR) is 77.7 cm³/mol. The van der Waals surface area contributed by atoms with E-state index in [0.29, 0.717) is 0 Å². The van der Waals surface area contributed by atoms with Crippen molar-refractivity contribution in [2.24, 2.45) is 0 Å². The molecule has 1 heteroatoms. The Morgan fingerprint density at radius 1 is 0.944 bits per heavy atom. The molecule has 18 heavy (non-hydrogen) atoms. The Balaban J connectivity index is 1.99. The van der Waals surface area contributed by atoms with Gasteiger partial charge in [0.05, 0.1) is 0 Å². The molecular formula is C17H20N. The minimum absolute atomic E-state index is 0.223. The van der Waals surface area contributed by atoms with E-state index < -0.39 is 0 Å². The van der Waals surface area contributed by atoms with Crippen LogP contribution in [-0.4, -0.2) is 0 Å². The highest BCUT2D eigenvalue weighted by molar-refractivity contribution is 5.43. The van der Waals surface area contributed by atoms with Gasteiger partial charge in [-0.25, -0.2) is 0 Å². The molecule has 1 radical (unpaired) electrons. The van der Waals surface area contributed by atoms with Crippen molar-refractivity contribution in [1.29, 1.82) is 0 Å². The number of benzene rings is 2. The van der Waals surface area contributed by atoms with Gasteiger partial charge in [-0.3, -0.25) is 0 Å². The van der Waals surface area contributed by atoms with Crippen LogP contribution in [0.2, 0.25) is 0 Å². The van der Waals surface area contributed by atoms with Crippen LogP contribution >= 0.6 is 0 Å². The Morgan fingerprint density at radius 3 is 2.11 bits per heavy atom. The lowest BCUT2D eigenvalue weighted by molar-refractivity contribution is 0.590. The van der Waals surface area contributed by atoms with Crippen LogP contribution in [0, 0.1) is 6.07 Å². The zero-order valence-electron chi connectivity index (χ0n) is 11.3. The lowest BCUT2D eigenvalue weighted by Gasteiger charge is -2.19. The molecule has 0 bridgehead atoms. The Hall–Kier alpha value is -1.76. The summed E-state index contributed by atoms with van der Waals surface area (Å²) in [4.78, 5) is 0. The first-order valence-corrected chi connectivity index (χ1v) is 6.35. The fraction of sp³-hybridized carbons (Fsp3) is 0.294. The first-order valence-electron chi connectivity index (χ1n) is 6.35. The Bertz CT molecular complexity index is 477. The lowest BCUT2D eigenvalue weighted by Crippen LogP contribution is -2.11. The van der Waals surface area contributed by atoms with Crippen molar-refractivity contribution in [1.82, 2.24) is 0 Å². The molecule has 0 aliphatic carbocycles. The maximum absolute atomic E-state index is 3.40. The molecule has 1 N–H and O–H groups in total. The minimum Gasteiger partial charge on any atom is -0.381 e. The van der Waals surface area contributed by atoms with Gasteiger partial charge in [0, 0.05) is 12.2 Å². The highest BCUT2D eigenvalue weighted by Crippen LogP contribution is 2.22. The fourth-order valence-corrected chi connectivity index (χ4v) is 1.83. The summed E-state index contributed by atoms with van der Waals surface area (Å²) in [5.74, 6) is 0. The van der Waals surface area contributed by atoms with E-state index in [1.54, 1.807) is 0 Å². The van der Waals surface area contributed by atoms with Crippen molar-refractivity contribution >= 4 is 5.69 Å². The van der Waals surface area contributed by atoms with E-state index in [1.807, 2.05) is 24.3 Å². The molecule has 0 fully saturated rings. The van der Waals surface area contributed by atoms with Gasteiger partial charge < -0.3 is 5.32 Å². The van der Waals surface area contributed by atoms with Crippen molar-refractivity contribution in [2.75, 3.05) is 5.32 Å². The van der Waals surface area contributed by atoms with E-state index in [0.717, 1.165) is 12.2 Å². The molecule has 0 aliphatic rings.